The second kappa shape index (κ2) is 8.62. The van der Waals surface area contributed by atoms with Crippen LogP contribution in [0.5, 0.6) is 0 Å². The van der Waals surface area contributed by atoms with E-state index >= 15 is 0 Å². The molecule has 0 bridgehead atoms. The average Bonchev–Trinajstić information content (AvgIpc) is 2.99. The van der Waals surface area contributed by atoms with Gasteiger partial charge in [0.15, 0.2) is 0 Å². The summed E-state index contributed by atoms with van der Waals surface area (Å²) in [6, 6.07) is 15.4. The molecule has 1 N–H and O–H groups in total. The van der Waals surface area contributed by atoms with Gasteiger partial charge in [-0.15, -0.1) is 11.6 Å². The fraction of sp³-hybridized carbons (Fsp3) is 0.158. The summed E-state index contributed by atoms with van der Waals surface area (Å²) in [5.74, 6) is -0.220. The van der Waals surface area contributed by atoms with Crippen LogP contribution in [-0.4, -0.2) is 23.9 Å². The van der Waals surface area contributed by atoms with Gasteiger partial charge in [-0.25, -0.2) is 0 Å². The van der Waals surface area contributed by atoms with Crippen LogP contribution < -0.4 is 5.32 Å². The van der Waals surface area contributed by atoms with Crippen molar-refractivity contribution in [3.05, 3.63) is 64.0 Å². The third kappa shape index (κ3) is 4.41. The molecule has 1 heterocycles. The molecule has 0 radical (unpaired) electrons. The number of anilines is 1. The van der Waals surface area contributed by atoms with Crippen molar-refractivity contribution in [3.63, 3.8) is 0 Å². The molecule has 0 aromatic heterocycles. The monoisotopic (exact) mass is 406 g/mol. The van der Waals surface area contributed by atoms with Crippen molar-refractivity contribution in [2.75, 3.05) is 12.4 Å². The second-order valence-electron chi connectivity index (χ2n) is 5.52. The predicted molar refractivity (Wildman–Crippen MR) is 110 cm³/mol. The Balaban J connectivity index is 1.83. The number of nitrogens with zero attached hydrogens (tertiary/aromatic N) is 1. The number of nitrogens with one attached hydrogen (secondary N) is 1. The number of benzene rings is 2. The summed E-state index contributed by atoms with van der Waals surface area (Å²) in [7, 11) is 1.50. The van der Waals surface area contributed by atoms with Gasteiger partial charge in [0.05, 0.1) is 15.3 Å². The lowest BCUT2D eigenvalue weighted by Gasteiger charge is -2.12. The lowest BCUT2D eigenvalue weighted by molar-refractivity contribution is -0.112. The summed E-state index contributed by atoms with van der Waals surface area (Å²) in [4.78, 5) is 17.3. The molecule has 26 heavy (non-hydrogen) atoms. The summed E-state index contributed by atoms with van der Waals surface area (Å²) in [6.07, 6.45) is 2.08. The van der Waals surface area contributed by atoms with Crippen molar-refractivity contribution in [1.82, 2.24) is 0 Å². The minimum atomic E-state index is -0.220. The molecule has 0 fully saturated rings. The van der Waals surface area contributed by atoms with Gasteiger partial charge in [-0.05, 0) is 17.2 Å². The van der Waals surface area contributed by atoms with E-state index in [4.69, 9.17) is 23.2 Å². The minimum Gasteiger partial charge on any atom is -0.399 e. The van der Waals surface area contributed by atoms with E-state index in [0.29, 0.717) is 16.4 Å². The van der Waals surface area contributed by atoms with Crippen LogP contribution in [0, 0.1) is 0 Å². The van der Waals surface area contributed by atoms with Crippen LogP contribution in [0.25, 0.3) is 11.1 Å². The van der Waals surface area contributed by atoms with Gasteiger partial charge in [-0.2, -0.15) is 0 Å². The molecule has 2 aromatic rings. The molecule has 0 spiro atoms. The summed E-state index contributed by atoms with van der Waals surface area (Å²) in [5, 5.41) is 6.70. The number of halogens is 2. The van der Waals surface area contributed by atoms with Crippen molar-refractivity contribution >= 4 is 52.8 Å². The van der Waals surface area contributed by atoms with E-state index in [1.165, 1.54) is 18.9 Å². The SMILES string of the molecule is CO/N=C/c1ccc(-c2ccccc2NC(=O)C2=C(Cl)SC(Cl)C2)cc1. The van der Waals surface area contributed by atoms with Crippen LogP contribution in [0.2, 0.25) is 0 Å². The van der Waals surface area contributed by atoms with Crippen molar-refractivity contribution in [2.45, 2.75) is 11.1 Å². The zero-order valence-electron chi connectivity index (χ0n) is 13.9. The van der Waals surface area contributed by atoms with Gasteiger partial charge in [0, 0.05) is 23.2 Å². The van der Waals surface area contributed by atoms with Gasteiger partial charge in [0.2, 0.25) is 0 Å². The number of thioether (sulfide) groups is 1. The normalized spacial score (nSPS) is 17.0. The topological polar surface area (TPSA) is 50.7 Å². The van der Waals surface area contributed by atoms with Crippen molar-refractivity contribution in [3.8, 4) is 11.1 Å². The standard InChI is InChI=1S/C19H16Cl2N2O2S/c1-25-22-11-12-6-8-13(9-7-12)14-4-2-3-5-16(14)23-19(24)15-10-17(20)26-18(15)21/h2-9,11,17H,10H2,1H3,(H,23,24)/b22-11+. The molecule has 0 saturated carbocycles. The number of carbonyl (C=O) groups is 1. The zero-order valence-corrected chi connectivity index (χ0v) is 16.2. The number of alkyl halides is 1. The van der Waals surface area contributed by atoms with Crippen LogP contribution in [0.1, 0.15) is 12.0 Å². The summed E-state index contributed by atoms with van der Waals surface area (Å²) in [5.41, 5.74) is 4.06. The Morgan fingerprint density at radius 1 is 1.27 bits per heavy atom. The van der Waals surface area contributed by atoms with Crippen molar-refractivity contribution in [1.29, 1.82) is 0 Å². The largest absolute Gasteiger partial charge is 0.399 e. The fourth-order valence-corrected chi connectivity index (χ4v) is 4.39. The molecule has 134 valence electrons. The average molecular weight is 407 g/mol. The zero-order chi connectivity index (χ0) is 18.5. The molecule has 7 heteroatoms. The Kier molecular flexibility index (Phi) is 6.25. The predicted octanol–water partition coefficient (Wildman–Crippen LogP) is 5.42. The van der Waals surface area contributed by atoms with Crippen LogP contribution in [0.3, 0.4) is 0 Å². The molecule has 0 aliphatic carbocycles. The number of hydrogen-bond acceptors (Lipinski definition) is 4. The molecule has 1 unspecified atom stereocenters. The Hall–Kier alpha value is -1.95. The van der Waals surface area contributed by atoms with Crippen LogP contribution in [0.4, 0.5) is 5.69 Å². The summed E-state index contributed by atoms with van der Waals surface area (Å²) >= 11 is 13.5. The number of carbonyl (C=O) groups excluding carboxylic acids is 1. The number of hydrogen-bond donors (Lipinski definition) is 1. The third-order valence-electron chi connectivity index (χ3n) is 3.81. The second-order valence-corrected chi connectivity index (χ2v) is 8.12. The molecular weight excluding hydrogens is 391 g/mol. The highest BCUT2D eigenvalue weighted by Crippen LogP contribution is 2.42. The quantitative estimate of drug-likeness (QED) is 0.409. The highest BCUT2D eigenvalue weighted by Gasteiger charge is 2.27. The molecule has 2 aromatic carbocycles. The van der Waals surface area contributed by atoms with E-state index < -0.39 is 0 Å². The maximum atomic E-state index is 12.6. The van der Waals surface area contributed by atoms with Gasteiger partial charge < -0.3 is 10.2 Å². The van der Waals surface area contributed by atoms with E-state index in [9.17, 15) is 4.79 Å². The minimum absolute atomic E-state index is 0.195. The molecule has 1 atom stereocenters. The van der Waals surface area contributed by atoms with Gasteiger partial charge in [-0.3, -0.25) is 4.79 Å². The Morgan fingerprint density at radius 3 is 2.65 bits per heavy atom. The van der Waals surface area contributed by atoms with Crippen LogP contribution in [-0.2, 0) is 9.63 Å². The fourth-order valence-electron chi connectivity index (χ4n) is 2.55. The molecular formula is C19H16Cl2N2O2S. The van der Waals surface area contributed by atoms with Crippen molar-refractivity contribution < 1.29 is 9.63 Å². The maximum Gasteiger partial charge on any atom is 0.253 e. The van der Waals surface area contributed by atoms with Crippen LogP contribution in [0.15, 0.2) is 63.6 Å². The highest BCUT2D eigenvalue weighted by molar-refractivity contribution is 8.06. The molecule has 1 aliphatic heterocycles. The van der Waals surface area contributed by atoms with Crippen molar-refractivity contribution in [2.24, 2.45) is 5.16 Å². The highest BCUT2D eigenvalue weighted by atomic mass is 35.5. The number of amides is 1. The molecule has 0 saturated heterocycles. The van der Waals surface area contributed by atoms with E-state index in [1.54, 1.807) is 6.21 Å². The smallest absolute Gasteiger partial charge is 0.253 e. The Morgan fingerprint density at radius 2 is 2.00 bits per heavy atom. The van der Waals surface area contributed by atoms with Gasteiger partial charge in [0.1, 0.15) is 7.11 Å². The van der Waals surface area contributed by atoms with E-state index in [-0.39, 0.29) is 10.6 Å². The van der Waals surface area contributed by atoms with E-state index in [2.05, 4.69) is 15.3 Å². The number of oxime groups is 1. The van der Waals surface area contributed by atoms with Gasteiger partial charge in [0.25, 0.3) is 5.91 Å². The molecule has 4 nitrogen and oxygen atoms in total. The summed E-state index contributed by atoms with van der Waals surface area (Å²) < 4.78 is 0.265. The third-order valence-corrected chi connectivity index (χ3v) is 5.60. The summed E-state index contributed by atoms with van der Waals surface area (Å²) in [6.45, 7) is 0. The molecule has 3 rings (SSSR count). The first-order valence-corrected chi connectivity index (χ1v) is 9.54. The van der Waals surface area contributed by atoms with E-state index in [1.807, 2.05) is 48.5 Å². The maximum absolute atomic E-state index is 12.6. The lowest BCUT2D eigenvalue weighted by atomic mass is 10.0. The number of rotatable bonds is 5. The first kappa shape index (κ1) is 18.8. The first-order valence-electron chi connectivity index (χ1n) is 7.85. The van der Waals surface area contributed by atoms with E-state index in [0.717, 1.165) is 22.4 Å². The van der Waals surface area contributed by atoms with Crippen LogP contribution >= 0.6 is 35.0 Å². The Labute approximate surface area is 166 Å². The van der Waals surface area contributed by atoms with Gasteiger partial charge in [-0.1, -0.05) is 71.0 Å². The Bertz CT molecular complexity index is 866. The number of para-hydroxylation sites is 1. The lowest BCUT2D eigenvalue weighted by Crippen LogP contribution is -2.15. The molecule has 1 aliphatic rings. The molecule has 1 amide bonds. The van der Waals surface area contributed by atoms with Gasteiger partial charge >= 0.3 is 0 Å². The first-order chi connectivity index (χ1) is 12.6.